The fourth-order valence-corrected chi connectivity index (χ4v) is 2.43. The fraction of sp³-hybridized carbons (Fsp3) is 0.263. The van der Waals surface area contributed by atoms with Gasteiger partial charge in [0.25, 0.3) is 0 Å². The highest BCUT2D eigenvalue weighted by molar-refractivity contribution is 5.56. The molecule has 0 fully saturated rings. The highest BCUT2D eigenvalue weighted by Gasteiger charge is 2.29. The summed E-state index contributed by atoms with van der Waals surface area (Å²) in [5, 5.41) is 3.14. The van der Waals surface area contributed by atoms with E-state index in [0.717, 1.165) is 11.3 Å². The molecule has 0 spiro atoms. The summed E-state index contributed by atoms with van der Waals surface area (Å²) in [6, 6.07) is 8.73. The standard InChI is InChI=1S/C19H18F3N5O/c1-12-13(2)26-17(15-7-3-4-8-23-15)27-16(12)25-10-14-6-5-9-24-18(14)28-11-19(20,21)22/h3-9H,10-11H2,1-2H3,(H,25,26,27). The number of rotatable bonds is 6. The monoisotopic (exact) mass is 389 g/mol. The Hall–Kier alpha value is -3.23. The first kappa shape index (κ1) is 19.5. The number of pyridine rings is 2. The van der Waals surface area contributed by atoms with Crippen molar-refractivity contribution < 1.29 is 17.9 Å². The SMILES string of the molecule is Cc1nc(-c2ccccn2)nc(NCc2cccnc2OCC(F)(F)F)c1C. The number of nitrogens with zero attached hydrogens (tertiary/aromatic N) is 4. The van der Waals surface area contributed by atoms with E-state index in [9.17, 15) is 13.2 Å². The zero-order valence-corrected chi connectivity index (χ0v) is 15.3. The normalized spacial score (nSPS) is 11.3. The maximum absolute atomic E-state index is 12.4. The topological polar surface area (TPSA) is 72.8 Å². The third-order valence-corrected chi connectivity index (χ3v) is 3.95. The predicted molar refractivity (Wildman–Crippen MR) is 97.9 cm³/mol. The van der Waals surface area contributed by atoms with Gasteiger partial charge in [-0.3, -0.25) is 4.98 Å². The number of alkyl halides is 3. The summed E-state index contributed by atoms with van der Waals surface area (Å²) in [5.41, 5.74) is 2.73. The van der Waals surface area contributed by atoms with Gasteiger partial charge in [0.1, 0.15) is 11.5 Å². The quantitative estimate of drug-likeness (QED) is 0.684. The number of halogens is 3. The molecule has 0 aliphatic rings. The molecule has 3 rings (SSSR count). The van der Waals surface area contributed by atoms with Crippen LogP contribution in [0.2, 0.25) is 0 Å². The minimum Gasteiger partial charge on any atom is -0.468 e. The average Bonchev–Trinajstić information content (AvgIpc) is 2.68. The number of aromatic nitrogens is 4. The van der Waals surface area contributed by atoms with Crippen molar-refractivity contribution >= 4 is 5.82 Å². The Balaban J connectivity index is 1.81. The molecule has 3 heterocycles. The van der Waals surface area contributed by atoms with Crippen LogP contribution in [-0.2, 0) is 6.54 Å². The molecular weight excluding hydrogens is 371 g/mol. The zero-order valence-electron chi connectivity index (χ0n) is 15.3. The molecule has 28 heavy (non-hydrogen) atoms. The lowest BCUT2D eigenvalue weighted by Crippen LogP contribution is -2.20. The molecule has 146 valence electrons. The molecule has 0 aliphatic heterocycles. The van der Waals surface area contributed by atoms with Gasteiger partial charge >= 0.3 is 6.18 Å². The minimum absolute atomic E-state index is 0.0688. The Morgan fingerprint density at radius 1 is 1.00 bits per heavy atom. The number of anilines is 1. The molecule has 0 unspecified atom stereocenters. The van der Waals surface area contributed by atoms with Crippen molar-refractivity contribution in [3.05, 3.63) is 59.5 Å². The van der Waals surface area contributed by atoms with Crippen LogP contribution >= 0.6 is 0 Å². The van der Waals surface area contributed by atoms with Gasteiger partial charge in [-0.2, -0.15) is 13.2 Å². The van der Waals surface area contributed by atoms with E-state index < -0.39 is 12.8 Å². The van der Waals surface area contributed by atoms with Crippen molar-refractivity contribution in [3.63, 3.8) is 0 Å². The first-order valence-corrected chi connectivity index (χ1v) is 8.47. The Bertz CT molecular complexity index is 948. The fourth-order valence-electron chi connectivity index (χ4n) is 2.43. The summed E-state index contributed by atoms with van der Waals surface area (Å²) in [4.78, 5) is 17.1. The number of nitrogens with one attached hydrogen (secondary N) is 1. The number of ether oxygens (including phenoxy) is 1. The van der Waals surface area contributed by atoms with Crippen molar-refractivity contribution in [2.24, 2.45) is 0 Å². The number of hydrogen-bond acceptors (Lipinski definition) is 6. The molecule has 0 aliphatic carbocycles. The van der Waals surface area contributed by atoms with E-state index in [1.807, 2.05) is 19.9 Å². The molecule has 0 atom stereocenters. The van der Waals surface area contributed by atoms with Gasteiger partial charge in [-0.05, 0) is 32.0 Å². The Morgan fingerprint density at radius 3 is 2.50 bits per heavy atom. The third-order valence-electron chi connectivity index (χ3n) is 3.95. The summed E-state index contributed by atoms with van der Waals surface area (Å²) >= 11 is 0. The van der Waals surface area contributed by atoms with E-state index in [1.54, 1.807) is 30.5 Å². The van der Waals surface area contributed by atoms with Crippen LogP contribution < -0.4 is 10.1 Å². The second-order valence-corrected chi connectivity index (χ2v) is 6.05. The van der Waals surface area contributed by atoms with Crippen molar-refractivity contribution in [1.29, 1.82) is 0 Å². The summed E-state index contributed by atoms with van der Waals surface area (Å²) in [7, 11) is 0. The van der Waals surface area contributed by atoms with Gasteiger partial charge < -0.3 is 10.1 Å². The first-order valence-electron chi connectivity index (χ1n) is 8.47. The van der Waals surface area contributed by atoms with Crippen LogP contribution in [0.1, 0.15) is 16.8 Å². The van der Waals surface area contributed by atoms with Gasteiger partial charge in [0.2, 0.25) is 5.88 Å². The molecule has 0 saturated carbocycles. The molecule has 3 aromatic rings. The Morgan fingerprint density at radius 2 is 1.79 bits per heavy atom. The van der Waals surface area contributed by atoms with Crippen LogP contribution in [0.4, 0.5) is 19.0 Å². The van der Waals surface area contributed by atoms with E-state index in [0.29, 0.717) is 22.9 Å². The molecule has 0 aromatic carbocycles. The lowest BCUT2D eigenvalue weighted by molar-refractivity contribution is -0.154. The smallest absolute Gasteiger partial charge is 0.422 e. The maximum Gasteiger partial charge on any atom is 0.422 e. The average molecular weight is 389 g/mol. The van der Waals surface area contributed by atoms with Gasteiger partial charge in [-0.15, -0.1) is 0 Å². The molecule has 6 nitrogen and oxygen atoms in total. The van der Waals surface area contributed by atoms with Crippen LogP contribution in [0, 0.1) is 13.8 Å². The second-order valence-electron chi connectivity index (χ2n) is 6.05. The summed E-state index contributed by atoms with van der Waals surface area (Å²) in [6.07, 6.45) is -1.39. The molecule has 0 amide bonds. The van der Waals surface area contributed by atoms with Crippen molar-refractivity contribution in [3.8, 4) is 17.4 Å². The van der Waals surface area contributed by atoms with Crippen LogP contribution in [0.15, 0.2) is 42.7 Å². The van der Waals surface area contributed by atoms with Gasteiger partial charge in [0, 0.05) is 35.8 Å². The summed E-state index contributed by atoms with van der Waals surface area (Å²) in [5.74, 6) is 0.963. The van der Waals surface area contributed by atoms with Crippen LogP contribution in [-0.4, -0.2) is 32.7 Å². The molecule has 3 aromatic heterocycles. The molecule has 0 bridgehead atoms. The highest BCUT2D eigenvalue weighted by atomic mass is 19.4. The summed E-state index contributed by atoms with van der Waals surface area (Å²) in [6.45, 7) is 2.52. The minimum atomic E-state index is -4.43. The predicted octanol–water partition coefficient (Wildman–Crippen LogP) is 4.10. The highest BCUT2D eigenvalue weighted by Crippen LogP contribution is 2.23. The van der Waals surface area contributed by atoms with E-state index in [2.05, 4.69) is 25.3 Å². The molecular formula is C19H18F3N5O. The van der Waals surface area contributed by atoms with Gasteiger partial charge in [-0.25, -0.2) is 15.0 Å². The number of hydrogen-bond donors (Lipinski definition) is 1. The van der Waals surface area contributed by atoms with E-state index in [1.165, 1.54) is 6.20 Å². The maximum atomic E-state index is 12.4. The molecule has 9 heteroatoms. The molecule has 1 N–H and O–H groups in total. The van der Waals surface area contributed by atoms with Gasteiger partial charge in [0.15, 0.2) is 12.4 Å². The largest absolute Gasteiger partial charge is 0.468 e. The Kier molecular flexibility index (Phi) is 5.72. The summed E-state index contributed by atoms with van der Waals surface area (Å²) < 4.78 is 42.1. The molecule has 0 saturated heterocycles. The van der Waals surface area contributed by atoms with Gasteiger partial charge in [-0.1, -0.05) is 12.1 Å². The van der Waals surface area contributed by atoms with Gasteiger partial charge in [0.05, 0.1) is 0 Å². The van der Waals surface area contributed by atoms with Crippen LogP contribution in [0.3, 0.4) is 0 Å². The molecule has 0 radical (unpaired) electrons. The first-order chi connectivity index (χ1) is 13.3. The lowest BCUT2D eigenvalue weighted by Gasteiger charge is -2.14. The third kappa shape index (κ3) is 4.93. The van der Waals surface area contributed by atoms with E-state index in [4.69, 9.17) is 4.74 Å². The lowest BCUT2D eigenvalue weighted by atomic mass is 10.2. The van der Waals surface area contributed by atoms with E-state index in [-0.39, 0.29) is 12.4 Å². The van der Waals surface area contributed by atoms with Crippen molar-refractivity contribution in [2.45, 2.75) is 26.6 Å². The Labute approximate surface area is 159 Å². The van der Waals surface area contributed by atoms with Crippen molar-refractivity contribution in [2.75, 3.05) is 11.9 Å². The zero-order chi connectivity index (χ0) is 20.1. The van der Waals surface area contributed by atoms with Crippen LogP contribution in [0.5, 0.6) is 5.88 Å². The number of aryl methyl sites for hydroxylation is 1. The van der Waals surface area contributed by atoms with Crippen molar-refractivity contribution in [1.82, 2.24) is 19.9 Å². The van der Waals surface area contributed by atoms with Crippen LogP contribution in [0.25, 0.3) is 11.5 Å². The second kappa shape index (κ2) is 8.20. The van der Waals surface area contributed by atoms with E-state index >= 15 is 0 Å².